The van der Waals surface area contributed by atoms with Crippen LogP contribution in [0.25, 0.3) is 0 Å². The van der Waals surface area contributed by atoms with Gasteiger partial charge in [0.05, 0.1) is 10.5 Å². The van der Waals surface area contributed by atoms with Crippen molar-refractivity contribution in [2.24, 2.45) is 0 Å². The predicted molar refractivity (Wildman–Crippen MR) is 154 cm³/mol. The largest absolute Gasteiger partial charge is 0.490 e. The first-order chi connectivity index (χ1) is 19.7. The third-order valence-corrected chi connectivity index (χ3v) is 8.09. The van der Waals surface area contributed by atoms with E-state index in [0.717, 1.165) is 48.6 Å². The minimum atomic E-state index is -5.08. The van der Waals surface area contributed by atoms with Crippen molar-refractivity contribution in [1.82, 2.24) is 10.6 Å². The second-order valence-corrected chi connectivity index (χ2v) is 11.4. The van der Waals surface area contributed by atoms with Gasteiger partial charge in [-0.1, -0.05) is 36.4 Å². The first kappa shape index (κ1) is 32.4. The van der Waals surface area contributed by atoms with Crippen LogP contribution in [0.3, 0.4) is 0 Å². The summed E-state index contributed by atoms with van der Waals surface area (Å²) in [6.07, 6.45) is -5.08. The minimum Gasteiger partial charge on any atom is -0.475 e. The normalized spacial score (nSPS) is 13.5. The van der Waals surface area contributed by atoms with Crippen LogP contribution in [0.2, 0.25) is 0 Å². The molecule has 1 amide bonds. The molecule has 0 saturated carbocycles. The van der Waals surface area contributed by atoms with Gasteiger partial charge in [0.1, 0.15) is 0 Å². The summed E-state index contributed by atoms with van der Waals surface area (Å²) in [6, 6.07) is 18.4. The molecule has 1 aliphatic rings. The quantitative estimate of drug-likeness (QED) is 0.314. The number of nitrogens with one attached hydrogen (secondary N) is 3. The number of benzene rings is 3. The van der Waals surface area contributed by atoms with E-state index in [-0.39, 0.29) is 10.8 Å². The number of alkyl halides is 3. The molecule has 0 unspecified atom stereocenters. The smallest absolute Gasteiger partial charge is 0.475 e. The summed E-state index contributed by atoms with van der Waals surface area (Å²) in [7, 11) is -3.82. The molecular weight excluding hydrogens is 573 g/mol. The van der Waals surface area contributed by atoms with Gasteiger partial charge in [-0.05, 0) is 67.3 Å². The summed E-state index contributed by atoms with van der Waals surface area (Å²) >= 11 is 0. The van der Waals surface area contributed by atoms with Crippen molar-refractivity contribution in [2.45, 2.75) is 38.4 Å². The zero-order valence-electron chi connectivity index (χ0n) is 23.4. The molecule has 4 rings (SSSR count). The molecular formula is C29H33F3N4O5S. The van der Waals surface area contributed by atoms with E-state index in [1.54, 1.807) is 25.1 Å². The molecule has 0 atom stereocenters. The Kier molecular flexibility index (Phi) is 10.6. The van der Waals surface area contributed by atoms with Crippen molar-refractivity contribution in [3.63, 3.8) is 0 Å². The number of carboxylic acid groups (broad SMARTS) is 1. The number of hydrogen-bond acceptors (Lipinski definition) is 6. The van der Waals surface area contributed by atoms with Crippen LogP contribution in [0.5, 0.6) is 0 Å². The zero-order chi connectivity index (χ0) is 31.1. The second-order valence-electron chi connectivity index (χ2n) is 9.75. The number of rotatable bonds is 7. The first-order valence-corrected chi connectivity index (χ1v) is 14.5. The molecule has 9 nitrogen and oxygen atoms in total. The van der Waals surface area contributed by atoms with Crippen molar-refractivity contribution in [1.29, 1.82) is 0 Å². The predicted octanol–water partition coefficient (Wildman–Crippen LogP) is 4.39. The van der Waals surface area contributed by atoms with Crippen LogP contribution in [0.1, 0.15) is 32.6 Å². The Morgan fingerprint density at radius 3 is 2.12 bits per heavy atom. The number of sulfonamides is 1. The number of anilines is 2. The van der Waals surface area contributed by atoms with Crippen LogP contribution in [-0.4, -0.2) is 57.8 Å². The Labute approximate surface area is 242 Å². The Morgan fingerprint density at radius 1 is 0.929 bits per heavy atom. The van der Waals surface area contributed by atoms with E-state index in [1.165, 1.54) is 0 Å². The van der Waals surface area contributed by atoms with Crippen molar-refractivity contribution >= 4 is 33.3 Å². The second kappa shape index (κ2) is 13.7. The Morgan fingerprint density at radius 2 is 1.52 bits per heavy atom. The van der Waals surface area contributed by atoms with Crippen molar-refractivity contribution in [2.75, 3.05) is 35.8 Å². The standard InChI is InChI=1S/C27H32N4O3S.C2HF3O2/c1-19-15-21(3)26(16-20(19)2)35(33,34)30-23-9-10-25(31-13-11-28-12-14-31)24(17-23)27(32)29-18-22-7-5-4-6-8-22;3-2(4,5)1(6)7/h4-10,15-17,28,30H,11-14,18H2,1-3H3,(H,29,32);(H,6,7). The number of carbonyl (C=O) groups is 2. The lowest BCUT2D eigenvalue weighted by Crippen LogP contribution is -2.44. The van der Waals surface area contributed by atoms with Crippen molar-refractivity contribution in [3.05, 3.63) is 88.5 Å². The fraction of sp³-hybridized carbons (Fsp3) is 0.310. The molecule has 226 valence electrons. The maximum Gasteiger partial charge on any atom is 0.490 e. The molecule has 3 aromatic carbocycles. The number of halogens is 3. The highest BCUT2D eigenvalue weighted by Crippen LogP contribution is 2.28. The molecule has 1 heterocycles. The topological polar surface area (TPSA) is 128 Å². The van der Waals surface area contributed by atoms with Gasteiger partial charge in [-0.3, -0.25) is 9.52 Å². The average molecular weight is 607 g/mol. The molecule has 0 aliphatic carbocycles. The zero-order valence-corrected chi connectivity index (χ0v) is 24.2. The molecule has 0 aromatic heterocycles. The van der Waals surface area contributed by atoms with Crippen LogP contribution in [0, 0.1) is 20.8 Å². The lowest BCUT2D eigenvalue weighted by atomic mass is 10.1. The average Bonchev–Trinajstić information content (AvgIpc) is 2.94. The molecule has 1 saturated heterocycles. The molecule has 0 spiro atoms. The maximum atomic E-state index is 13.3. The fourth-order valence-corrected chi connectivity index (χ4v) is 5.63. The molecule has 13 heteroatoms. The van der Waals surface area contributed by atoms with Gasteiger partial charge < -0.3 is 20.6 Å². The van der Waals surface area contributed by atoms with Crippen molar-refractivity contribution < 1.29 is 36.3 Å². The summed E-state index contributed by atoms with van der Waals surface area (Å²) in [6.45, 7) is 9.22. The highest BCUT2D eigenvalue weighted by molar-refractivity contribution is 7.92. The first-order valence-electron chi connectivity index (χ1n) is 13.0. The van der Waals surface area contributed by atoms with E-state index in [1.807, 2.05) is 56.3 Å². The van der Waals surface area contributed by atoms with Crippen LogP contribution in [0.15, 0.2) is 65.6 Å². The SMILES string of the molecule is Cc1cc(C)c(S(=O)(=O)Nc2ccc(N3CCNCC3)c(C(=O)NCc3ccccc3)c2)cc1C.O=C(O)C(F)(F)F. The molecule has 42 heavy (non-hydrogen) atoms. The third-order valence-electron chi connectivity index (χ3n) is 6.57. The summed E-state index contributed by atoms with van der Waals surface area (Å²) in [5.41, 5.74) is 5.21. The summed E-state index contributed by atoms with van der Waals surface area (Å²) in [4.78, 5) is 24.6. The Balaban J connectivity index is 0.000000616. The monoisotopic (exact) mass is 606 g/mol. The van der Waals surface area contributed by atoms with Gasteiger partial charge in [0.25, 0.3) is 15.9 Å². The molecule has 0 radical (unpaired) electrons. The minimum absolute atomic E-state index is 0.238. The number of nitrogens with zero attached hydrogens (tertiary/aromatic N) is 1. The van der Waals surface area contributed by atoms with Gasteiger partial charge in [0.2, 0.25) is 0 Å². The van der Waals surface area contributed by atoms with Crippen LogP contribution < -0.4 is 20.3 Å². The Bertz CT molecular complexity index is 1520. The summed E-state index contributed by atoms with van der Waals surface area (Å²) in [5.74, 6) is -3.00. The molecule has 1 fully saturated rings. The fourth-order valence-electron chi connectivity index (χ4n) is 4.27. The summed E-state index contributed by atoms with van der Waals surface area (Å²) < 4.78 is 60.9. The van der Waals surface area contributed by atoms with Gasteiger partial charge >= 0.3 is 12.1 Å². The lowest BCUT2D eigenvalue weighted by molar-refractivity contribution is -0.192. The van der Waals surface area contributed by atoms with E-state index in [9.17, 15) is 26.4 Å². The maximum absolute atomic E-state index is 13.3. The Hall–Kier alpha value is -4.10. The van der Waals surface area contributed by atoms with E-state index < -0.39 is 22.2 Å². The highest BCUT2D eigenvalue weighted by atomic mass is 32.2. The number of aliphatic carboxylic acids is 1. The number of carbonyl (C=O) groups excluding carboxylic acids is 1. The number of carboxylic acids is 1. The van der Waals surface area contributed by atoms with Crippen LogP contribution in [-0.2, 0) is 21.4 Å². The van der Waals surface area contributed by atoms with Gasteiger partial charge in [0, 0.05) is 44.1 Å². The van der Waals surface area contributed by atoms with Crippen LogP contribution in [0.4, 0.5) is 24.5 Å². The highest BCUT2D eigenvalue weighted by Gasteiger charge is 2.38. The van der Waals surface area contributed by atoms with E-state index in [2.05, 4.69) is 20.3 Å². The van der Waals surface area contributed by atoms with Gasteiger partial charge in [-0.15, -0.1) is 0 Å². The van der Waals surface area contributed by atoms with Gasteiger partial charge in [-0.2, -0.15) is 13.2 Å². The third kappa shape index (κ3) is 8.70. The molecule has 1 aliphatic heterocycles. The number of aryl methyl sites for hydroxylation is 3. The van der Waals surface area contributed by atoms with E-state index in [4.69, 9.17) is 9.90 Å². The molecule has 0 bridgehead atoms. The van der Waals surface area contributed by atoms with Gasteiger partial charge in [-0.25, -0.2) is 13.2 Å². The lowest BCUT2D eigenvalue weighted by Gasteiger charge is -2.31. The molecule has 4 N–H and O–H groups in total. The van der Waals surface area contributed by atoms with E-state index in [0.29, 0.717) is 23.4 Å². The van der Waals surface area contributed by atoms with Crippen molar-refractivity contribution in [3.8, 4) is 0 Å². The molecule has 3 aromatic rings. The van der Waals surface area contributed by atoms with Gasteiger partial charge in [0.15, 0.2) is 0 Å². The number of hydrogen-bond donors (Lipinski definition) is 4. The number of piperazine rings is 1. The summed E-state index contributed by atoms with van der Waals surface area (Å²) in [5, 5.41) is 13.4. The van der Waals surface area contributed by atoms with Crippen LogP contribution >= 0.6 is 0 Å². The number of amides is 1. The van der Waals surface area contributed by atoms with E-state index >= 15 is 0 Å².